The summed E-state index contributed by atoms with van der Waals surface area (Å²) >= 11 is 1.56. The molecule has 0 radical (unpaired) electrons. The molecule has 3 aromatic rings. The first-order chi connectivity index (χ1) is 10.3. The van der Waals surface area contributed by atoms with Gasteiger partial charge in [-0.25, -0.2) is 0 Å². The number of hydrogen-bond donors (Lipinski definition) is 1. The summed E-state index contributed by atoms with van der Waals surface area (Å²) in [7, 11) is 0. The zero-order valence-corrected chi connectivity index (χ0v) is 12.2. The van der Waals surface area contributed by atoms with Crippen molar-refractivity contribution < 1.29 is 4.74 Å². The van der Waals surface area contributed by atoms with Crippen molar-refractivity contribution in [3.05, 3.63) is 64.7 Å². The molecule has 0 fully saturated rings. The summed E-state index contributed by atoms with van der Waals surface area (Å²) < 4.78 is 5.98. The summed E-state index contributed by atoms with van der Waals surface area (Å²) in [5.41, 5.74) is 2.23. The molecule has 0 bridgehead atoms. The third-order valence-electron chi connectivity index (χ3n) is 3.47. The summed E-state index contributed by atoms with van der Waals surface area (Å²) in [4.78, 5) is 0. The molecule has 0 amide bonds. The first-order valence-electron chi connectivity index (χ1n) is 6.73. The molecule has 0 saturated carbocycles. The topological polar surface area (TPSA) is 47.0 Å². The first kappa shape index (κ1) is 12.3. The average Bonchev–Trinajstić information content (AvgIpc) is 2.92. The number of nitrogens with one attached hydrogen (secondary N) is 1. The molecule has 21 heavy (non-hydrogen) atoms. The van der Waals surface area contributed by atoms with Crippen molar-refractivity contribution in [2.24, 2.45) is 0 Å². The van der Waals surface area contributed by atoms with Crippen LogP contribution in [0.25, 0.3) is 0 Å². The predicted octanol–water partition coefficient (Wildman–Crippen LogP) is 4.15. The van der Waals surface area contributed by atoms with E-state index < -0.39 is 0 Å². The molecule has 2 heterocycles. The molecule has 2 aromatic carbocycles. The quantitative estimate of drug-likeness (QED) is 0.771. The molecule has 5 heteroatoms. The van der Waals surface area contributed by atoms with Gasteiger partial charge in [0.1, 0.15) is 16.5 Å². The van der Waals surface area contributed by atoms with E-state index in [1.54, 1.807) is 11.3 Å². The fourth-order valence-corrected chi connectivity index (χ4v) is 3.16. The Morgan fingerprint density at radius 3 is 2.14 bits per heavy atom. The lowest BCUT2D eigenvalue weighted by atomic mass is 9.95. The standard InChI is InChI=1S/C16H13N3OS/c1-10-18-19-16(21-10)17-15-11-6-2-4-8-13(11)20-14-9-5-3-7-12(14)15/h2-9,15H,1H3,(H,17,19). The second kappa shape index (κ2) is 4.86. The van der Waals surface area contributed by atoms with E-state index >= 15 is 0 Å². The van der Waals surface area contributed by atoms with Gasteiger partial charge >= 0.3 is 0 Å². The van der Waals surface area contributed by atoms with E-state index in [4.69, 9.17) is 4.74 Å². The van der Waals surface area contributed by atoms with E-state index in [9.17, 15) is 0 Å². The van der Waals surface area contributed by atoms with E-state index in [1.165, 1.54) is 0 Å². The lowest BCUT2D eigenvalue weighted by molar-refractivity contribution is 0.451. The molecular formula is C16H13N3OS. The number of rotatable bonds is 2. The van der Waals surface area contributed by atoms with Crippen LogP contribution < -0.4 is 10.1 Å². The second-order valence-corrected chi connectivity index (χ2v) is 6.06. The predicted molar refractivity (Wildman–Crippen MR) is 83.1 cm³/mol. The molecule has 0 spiro atoms. The Labute approximate surface area is 126 Å². The molecular weight excluding hydrogens is 282 g/mol. The Bertz CT molecular complexity index is 754. The molecule has 0 aliphatic carbocycles. The normalized spacial score (nSPS) is 13.2. The highest BCUT2D eigenvalue weighted by atomic mass is 32.1. The van der Waals surface area contributed by atoms with Crippen molar-refractivity contribution in [2.75, 3.05) is 5.32 Å². The van der Waals surface area contributed by atoms with E-state index in [2.05, 4.69) is 27.6 Å². The number of para-hydroxylation sites is 2. The van der Waals surface area contributed by atoms with Crippen LogP contribution >= 0.6 is 11.3 Å². The van der Waals surface area contributed by atoms with Crippen LogP contribution in [-0.2, 0) is 0 Å². The average molecular weight is 295 g/mol. The van der Waals surface area contributed by atoms with Gasteiger partial charge in [-0.05, 0) is 19.1 Å². The van der Waals surface area contributed by atoms with Crippen molar-refractivity contribution in [3.63, 3.8) is 0 Å². The minimum Gasteiger partial charge on any atom is -0.457 e. The van der Waals surface area contributed by atoms with Gasteiger partial charge in [0, 0.05) is 11.1 Å². The van der Waals surface area contributed by atoms with Gasteiger partial charge in [-0.1, -0.05) is 47.7 Å². The van der Waals surface area contributed by atoms with Gasteiger partial charge in [0.2, 0.25) is 5.13 Å². The Morgan fingerprint density at radius 2 is 1.57 bits per heavy atom. The van der Waals surface area contributed by atoms with Crippen molar-refractivity contribution >= 4 is 16.5 Å². The van der Waals surface area contributed by atoms with Gasteiger partial charge in [-0.3, -0.25) is 0 Å². The third-order valence-corrected chi connectivity index (χ3v) is 4.24. The van der Waals surface area contributed by atoms with Crippen LogP contribution in [0.1, 0.15) is 22.2 Å². The summed E-state index contributed by atoms with van der Waals surface area (Å²) in [5, 5.41) is 13.5. The molecule has 0 atom stereocenters. The van der Waals surface area contributed by atoms with Crippen molar-refractivity contribution in [1.29, 1.82) is 0 Å². The Hall–Kier alpha value is -2.40. The number of anilines is 1. The second-order valence-electron chi connectivity index (χ2n) is 4.88. The molecule has 1 N–H and O–H groups in total. The number of ether oxygens (including phenoxy) is 1. The van der Waals surface area contributed by atoms with Crippen LogP contribution in [0.4, 0.5) is 5.13 Å². The molecule has 1 aliphatic heterocycles. The van der Waals surface area contributed by atoms with Crippen molar-refractivity contribution in [1.82, 2.24) is 10.2 Å². The third kappa shape index (κ3) is 2.15. The molecule has 0 saturated heterocycles. The summed E-state index contributed by atoms with van der Waals surface area (Å²) in [6.45, 7) is 1.95. The zero-order valence-electron chi connectivity index (χ0n) is 11.4. The molecule has 0 unspecified atom stereocenters. The fourth-order valence-electron chi connectivity index (χ4n) is 2.54. The Balaban J connectivity index is 1.81. The molecule has 4 rings (SSSR count). The summed E-state index contributed by atoms with van der Waals surface area (Å²) in [6, 6.07) is 16.2. The number of nitrogens with zero attached hydrogens (tertiary/aromatic N) is 2. The maximum Gasteiger partial charge on any atom is 0.206 e. The highest BCUT2D eigenvalue weighted by Gasteiger charge is 2.27. The van der Waals surface area contributed by atoms with Gasteiger partial charge in [0.25, 0.3) is 0 Å². The molecule has 4 nitrogen and oxygen atoms in total. The number of benzene rings is 2. The van der Waals surface area contributed by atoms with Gasteiger partial charge < -0.3 is 10.1 Å². The molecule has 1 aromatic heterocycles. The maximum absolute atomic E-state index is 5.98. The SMILES string of the molecule is Cc1nnc(NC2c3ccccc3Oc3ccccc32)s1. The fraction of sp³-hybridized carbons (Fsp3) is 0.125. The summed E-state index contributed by atoms with van der Waals surface area (Å²) in [6.07, 6.45) is 0. The van der Waals surface area contributed by atoms with E-state index in [0.29, 0.717) is 0 Å². The van der Waals surface area contributed by atoms with E-state index in [0.717, 1.165) is 32.8 Å². The van der Waals surface area contributed by atoms with Gasteiger partial charge in [0.05, 0.1) is 6.04 Å². The molecule has 104 valence electrons. The van der Waals surface area contributed by atoms with Crippen LogP contribution in [0, 0.1) is 6.92 Å². The number of aryl methyl sites for hydroxylation is 1. The van der Waals surface area contributed by atoms with E-state index in [-0.39, 0.29) is 6.04 Å². The van der Waals surface area contributed by atoms with Gasteiger partial charge in [0.15, 0.2) is 0 Å². The lowest BCUT2D eigenvalue weighted by Gasteiger charge is -2.28. The number of fused-ring (bicyclic) bond motifs is 2. The van der Waals surface area contributed by atoms with Gasteiger partial charge in [-0.15, -0.1) is 10.2 Å². The Kier molecular flexibility index (Phi) is 2.86. The number of aromatic nitrogens is 2. The maximum atomic E-state index is 5.98. The number of hydrogen-bond acceptors (Lipinski definition) is 5. The highest BCUT2D eigenvalue weighted by molar-refractivity contribution is 7.15. The smallest absolute Gasteiger partial charge is 0.206 e. The lowest BCUT2D eigenvalue weighted by Crippen LogP contribution is -2.17. The van der Waals surface area contributed by atoms with Crippen LogP contribution in [-0.4, -0.2) is 10.2 Å². The van der Waals surface area contributed by atoms with Crippen LogP contribution in [0.5, 0.6) is 11.5 Å². The van der Waals surface area contributed by atoms with Gasteiger partial charge in [-0.2, -0.15) is 0 Å². The first-order valence-corrected chi connectivity index (χ1v) is 7.55. The minimum atomic E-state index is 0.0264. The van der Waals surface area contributed by atoms with Crippen LogP contribution in [0.3, 0.4) is 0 Å². The highest BCUT2D eigenvalue weighted by Crippen LogP contribution is 2.44. The minimum absolute atomic E-state index is 0.0264. The van der Waals surface area contributed by atoms with Crippen LogP contribution in [0.2, 0.25) is 0 Å². The Morgan fingerprint density at radius 1 is 0.952 bits per heavy atom. The zero-order chi connectivity index (χ0) is 14.2. The largest absolute Gasteiger partial charge is 0.457 e. The van der Waals surface area contributed by atoms with Crippen molar-refractivity contribution in [2.45, 2.75) is 13.0 Å². The van der Waals surface area contributed by atoms with Crippen LogP contribution in [0.15, 0.2) is 48.5 Å². The summed E-state index contributed by atoms with van der Waals surface area (Å²) in [5.74, 6) is 1.77. The molecule has 1 aliphatic rings. The van der Waals surface area contributed by atoms with E-state index in [1.807, 2.05) is 43.3 Å². The monoisotopic (exact) mass is 295 g/mol. The van der Waals surface area contributed by atoms with Crippen molar-refractivity contribution in [3.8, 4) is 11.5 Å².